The van der Waals surface area contributed by atoms with Crippen LogP contribution < -0.4 is 0 Å². The number of fused-ring (bicyclic) bond motifs is 3. The van der Waals surface area contributed by atoms with E-state index in [1.807, 2.05) is 52.3 Å². The zero-order valence-electron chi connectivity index (χ0n) is 66.4. The van der Waals surface area contributed by atoms with Crippen molar-refractivity contribution in [3.8, 4) is 64.9 Å². The predicted octanol–water partition coefficient (Wildman–Crippen LogP) is 17.2. The molecular weight excluding hydrogens is 1400 g/mol. The van der Waals surface area contributed by atoms with Crippen LogP contribution in [0.15, 0.2) is 115 Å². The van der Waals surface area contributed by atoms with Crippen LogP contribution >= 0.6 is 0 Å². The fraction of sp³-hybridized carbons (Fsp3) is 0.454. The number of aromatic amines is 3. The first kappa shape index (κ1) is 78.1. The van der Waals surface area contributed by atoms with Gasteiger partial charge in [-0.25, -0.2) is 15.0 Å². The number of nitrogens with zero attached hydrogens (tertiary/aromatic N) is 10. The zero-order valence-corrected chi connectivity index (χ0v) is 66.4. The van der Waals surface area contributed by atoms with E-state index < -0.39 is 0 Å². The van der Waals surface area contributed by atoms with E-state index in [0.717, 1.165) is 222 Å². The molecular formula is C97H113N13O3. The lowest BCUT2D eigenvalue weighted by Gasteiger charge is -2.33. The van der Waals surface area contributed by atoms with Crippen molar-refractivity contribution in [2.45, 2.75) is 192 Å². The van der Waals surface area contributed by atoms with Crippen molar-refractivity contribution in [3.05, 3.63) is 227 Å². The highest BCUT2D eigenvalue weighted by Crippen LogP contribution is 2.46. The molecule has 0 spiro atoms. The smallest absolute Gasteiger partial charge is 0.254 e. The van der Waals surface area contributed by atoms with Crippen molar-refractivity contribution >= 4 is 17.7 Å². The number of imidazole rings is 3. The number of carbonyl (C=O) groups excluding carboxylic acids is 3. The number of rotatable bonds is 12. The molecule has 16 heteroatoms. The number of hydrogen-bond acceptors (Lipinski definition) is 10. The Bertz CT molecular complexity index is 4990. The van der Waals surface area contributed by atoms with Crippen LogP contribution in [0.1, 0.15) is 266 Å². The molecule has 0 radical (unpaired) electrons. The molecule has 9 aliphatic rings. The zero-order chi connectivity index (χ0) is 77.1. The summed E-state index contributed by atoms with van der Waals surface area (Å²) in [5, 5.41) is 9.07. The summed E-state index contributed by atoms with van der Waals surface area (Å²) in [7, 11) is 6.50. The number of hydrogen-bond donors (Lipinski definition) is 3. The third-order valence-corrected chi connectivity index (χ3v) is 26.6. The van der Waals surface area contributed by atoms with Crippen molar-refractivity contribution in [3.63, 3.8) is 0 Å². The third kappa shape index (κ3) is 17.1. The molecule has 3 saturated heterocycles. The SMILES string of the molecule is C.C#Cc1ccc(C2CCN(C(=O)c3cc(-c4nc5c([nH]4)CCN(C)CC5)c(C4CCC4)cc3C)CC2)cc1.C#Cc1ccc(C2CCN(C(=O)c3ccc(C4CCC4)c(-c4nc5c([nH]4)CCN(C)CC5)c3)CC2)cc1.Cc1cc(C2CCC2)c(-c2nc3c([nH]2)CN(C)CC3)cc1C(=O)N1CCC(c2ccc(C#N)cc2)CC1. The topological polar surface area (TPSA) is 180 Å². The molecule has 3 N–H and O–H groups in total. The lowest BCUT2D eigenvalue weighted by molar-refractivity contribution is 0.0704. The quantitative estimate of drug-likeness (QED) is 0.0996. The van der Waals surface area contributed by atoms with E-state index in [1.165, 1.54) is 125 Å². The van der Waals surface area contributed by atoms with Gasteiger partial charge in [-0.2, -0.15) is 5.26 Å². The molecule has 6 aromatic carbocycles. The molecule has 113 heavy (non-hydrogen) atoms. The van der Waals surface area contributed by atoms with Crippen LogP contribution in [-0.4, -0.2) is 170 Å². The number of likely N-dealkylation sites (N-methyl/N-ethyl adjacent to an activating group) is 3. The molecule has 16 nitrogen and oxygen atoms in total. The molecule has 3 aromatic heterocycles. The first-order valence-corrected chi connectivity index (χ1v) is 41.8. The maximum Gasteiger partial charge on any atom is 0.254 e. The molecule has 3 aliphatic carbocycles. The Morgan fingerprint density at radius 3 is 1.12 bits per heavy atom. The van der Waals surface area contributed by atoms with Crippen LogP contribution in [0.5, 0.6) is 0 Å². The summed E-state index contributed by atoms with van der Waals surface area (Å²) in [5.41, 5.74) is 25.7. The van der Waals surface area contributed by atoms with Crippen LogP contribution in [-0.2, 0) is 38.6 Å². The largest absolute Gasteiger partial charge is 0.342 e. The van der Waals surface area contributed by atoms with Gasteiger partial charge in [-0.05, 0) is 253 Å². The number of nitrogens with one attached hydrogen (secondary N) is 3. The molecule has 3 amide bonds. The monoisotopic (exact) mass is 1510 g/mol. The minimum Gasteiger partial charge on any atom is -0.342 e. The molecule has 584 valence electrons. The van der Waals surface area contributed by atoms with E-state index in [1.54, 1.807) is 0 Å². The maximum absolute atomic E-state index is 13.8. The minimum absolute atomic E-state index is 0. The van der Waals surface area contributed by atoms with E-state index in [2.05, 4.69) is 160 Å². The summed E-state index contributed by atoms with van der Waals surface area (Å²) >= 11 is 0. The summed E-state index contributed by atoms with van der Waals surface area (Å²) in [6, 6.07) is 42.0. The van der Waals surface area contributed by atoms with Gasteiger partial charge in [0.1, 0.15) is 17.5 Å². The number of terminal acetylenes is 2. The summed E-state index contributed by atoms with van der Waals surface area (Å²) in [4.78, 5) is 80.5. The van der Waals surface area contributed by atoms with Gasteiger partial charge in [0.25, 0.3) is 17.7 Å². The molecule has 3 saturated carbocycles. The fourth-order valence-electron chi connectivity index (χ4n) is 18.7. The standard InChI is InChI=1S/C33H38N4O.C32H36N4O.C31H35N5O.CH4/c1-4-23-8-10-24(11-9-23)25-12-18-37(19-13-25)33(38)27-21-29(28(20-22(27)2)26-6-5-7-26)32-34-30-14-16-36(3)17-15-31(30)35-32;1-3-22-7-9-23(10-8-22)24-13-19-36(20-14-24)32(37)26-11-12-27(25-5-4-6-25)28(21-26)31-33-29-15-17-35(2)18-16-30(29)34-31;1-20-16-26(24-4-3-5-24)27(30-33-28-12-13-35(2)19-29(28)34-30)17-25(20)31(37)36-14-10-23(11-15-36)22-8-6-21(18-32)7-9-22;/h1,8-11,20-21,25-26H,5-7,12-19H2,2-3H3,(H,34,35);1,7-12,21,24-25H,4-6,13-20H2,2H3,(H,33,34);6-9,16-17,23-24H,3-5,10-15,19H2,1-2H3,(H,33,34);1H4. The van der Waals surface area contributed by atoms with Gasteiger partial charge >= 0.3 is 0 Å². The second-order valence-corrected chi connectivity index (χ2v) is 33.8. The molecule has 6 fully saturated rings. The number of benzene rings is 6. The highest BCUT2D eigenvalue weighted by atomic mass is 16.2. The molecule has 0 bridgehead atoms. The number of amides is 3. The highest BCUT2D eigenvalue weighted by molar-refractivity contribution is 5.98. The highest BCUT2D eigenvalue weighted by Gasteiger charge is 2.35. The van der Waals surface area contributed by atoms with E-state index in [0.29, 0.717) is 41.1 Å². The van der Waals surface area contributed by atoms with Gasteiger partial charge < -0.3 is 44.4 Å². The maximum atomic E-state index is 13.8. The van der Waals surface area contributed by atoms with Crippen LogP contribution in [0.2, 0.25) is 0 Å². The van der Waals surface area contributed by atoms with Crippen LogP contribution in [0.25, 0.3) is 34.2 Å². The Labute approximate surface area is 670 Å². The number of nitriles is 1. The number of likely N-dealkylation sites (tertiary alicyclic amines) is 3. The first-order chi connectivity index (χ1) is 54.6. The molecule has 6 aliphatic heterocycles. The van der Waals surface area contributed by atoms with Crippen molar-refractivity contribution in [1.82, 2.24) is 59.3 Å². The average Bonchev–Trinajstić information content (AvgIpc) is 1.73. The summed E-state index contributed by atoms with van der Waals surface area (Å²) in [5.74, 6) is 11.7. The van der Waals surface area contributed by atoms with Gasteiger partial charge in [-0.15, -0.1) is 12.8 Å². The van der Waals surface area contributed by atoms with E-state index in [9.17, 15) is 14.4 Å². The van der Waals surface area contributed by atoms with Gasteiger partial charge in [0.05, 0.1) is 34.4 Å². The summed E-state index contributed by atoms with van der Waals surface area (Å²) in [6.45, 7) is 14.9. The number of aryl methyl sites for hydroxylation is 2. The summed E-state index contributed by atoms with van der Waals surface area (Å²) < 4.78 is 0. The van der Waals surface area contributed by atoms with Crippen LogP contribution in [0.4, 0.5) is 0 Å². The molecule has 0 unspecified atom stereocenters. The van der Waals surface area contributed by atoms with Crippen molar-refractivity contribution < 1.29 is 14.4 Å². The third-order valence-electron chi connectivity index (χ3n) is 26.6. The molecule has 9 heterocycles. The van der Waals surface area contributed by atoms with Crippen molar-refractivity contribution in [2.24, 2.45) is 0 Å². The van der Waals surface area contributed by atoms with E-state index in [4.69, 9.17) is 33.1 Å². The first-order valence-electron chi connectivity index (χ1n) is 41.8. The van der Waals surface area contributed by atoms with Gasteiger partial charge in [-0.3, -0.25) is 14.4 Å². The number of piperidine rings is 3. The number of carbonyl (C=O) groups is 3. The minimum atomic E-state index is 0. The lowest BCUT2D eigenvalue weighted by Crippen LogP contribution is -2.38. The lowest BCUT2D eigenvalue weighted by atomic mass is 9.77. The van der Waals surface area contributed by atoms with Crippen molar-refractivity contribution in [2.75, 3.05) is 93.1 Å². The second kappa shape index (κ2) is 34.7. The Balaban J connectivity index is 0.000000133. The van der Waals surface area contributed by atoms with Gasteiger partial charge in [-0.1, -0.05) is 93.1 Å². The Morgan fingerprint density at radius 1 is 0.389 bits per heavy atom. The fourth-order valence-corrected chi connectivity index (χ4v) is 18.7. The molecule has 18 rings (SSSR count). The molecule has 0 atom stereocenters. The molecule has 9 aromatic rings. The van der Waals surface area contributed by atoms with Crippen molar-refractivity contribution in [1.29, 1.82) is 5.26 Å². The summed E-state index contributed by atoms with van der Waals surface area (Å²) in [6.07, 6.45) is 32.9. The average molecular weight is 1510 g/mol. The number of H-pyrrole nitrogens is 3. The Hall–Kier alpha value is -10.2. The Morgan fingerprint density at radius 2 is 0.735 bits per heavy atom. The Kier molecular flexibility index (Phi) is 24.0. The van der Waals surface area contributed by atoms with Gasteiger partial charge in [0.15, 0.2) is 0 Å². The van der Waals surface area contributed by atoms with Gasteiger partial charge in [0.2, 0.25) is 0 Å². The number of aromatic nitrogens is 6. The van der Waals surface area contributed by atoms with E-state index >= 15 is 0 Å². The van der Waals surface area contributed by atoms with E-state index in [-0.39, 0.29) is 25.1 Å². The second-order valence-electron chi connectivity index (χ2n) is 33.8. The normalized spacial score (nSPS) is 18.8. The van der Waals surface area contributed by atoms with Gasteiger partial charge in [0, 0.05) is 167 Å². The van der Waals surface area contributed by atoms with Crippen LogP contribution in [0, 0.1) is 49.9 Å². The van der Waals surface area contributed by atoms with Crippen LogP contribution in [0.3, 0.4) is 0 Å². The predicted molar refractivity (Wildman–Crippen MR) is 451 cm³/mol.